The summed E-state index contributed by atoms with van der Waals surface area (Å²) in [5.74, 6) is 0. The van der Waals surface area contributed by atoms with Crippen molar-refractivity contribution in [3.63, 3.8) is 0 Å². The van der Waals surface area contributed by atoms with E-state index in [1.165, 1.54) is 86.6 Å². The van der Waals surface area contributed by atoms with Gasteiger partial charge in [-0.1, -0.05) is 115 Å². The first-order valence-corrected chi connectivity index (χ1v) is 16.8. The highest BCUT2D eigenvalue weighted by molar-refractivity contribution is 7.26. The van der Waals surface area contributed by atoms with E-state index < -0.39 is 0 Å². The van der Waals surface area contributed by atoms with Crippen LogP contribution in [0, 0.1) is 0 Å². The first kappa shape index (κ1) is 26.3. The lowest BCUT2D eigenvalue weighted by molar-refractivity contribution is 1.18. The number of hydrogen-bond acceptors (Lipinski definition) is 1. The maximum absolute atomic E-state index is 2.45. The monoisotopic (exact) mass is 616 g/mol. The number of rotatable bonds is 4. The van der Waals surface area contributed by atoms with Crippen molar-refractivity contribution >= 4 is 64.3 Å². The van der Waals surface area contributed by atoms with Crippen molar-refractivity contribution in [1.29, 1.82) is 0 Å². The maximum atomic E-state index is 2.45. The van der Waals surface area contributed by atoms with Crippen LogP contribution in [-0.4, -0.2) is 9.13 Å². The molecule has 0 N–H and O–H groups in total. The summed E-state index contributed by atoms with van der Waals surface area (Å²) in [7, 11) is 0. The lowest BCUT2D eigenvalue weighted by Crippen LogP contribution is -1.93. The molecule has 0 spiro atoms. The third kappa shape index (κ3) is 3.97. The number of benzene rings is 7. The van der Waals surface area contributed by atoms with Crippen LogP contribution in [0.25, 0.3) is 86.6 Å². The van der Waals surface area contributed by atoms with Crippen LogP contribution in [0.5, 0.6) is 0 Å². The number of fused-ring (bicyclic) bond motifs is 8. The predicted molar refractivity (Wildman–Crippen MR) is 201 cm³/mol. The Hall–Kier alpha value is -5.90. The lowest BCUT2D eigenvalue weighted by Gasteiger charge is -2.11. The van der Waals surface area contributed by atoms with Gasteiger partial charge in [-0.25, -0.2) is 0 Å². The van der Waals surface area contributed by atoms with Crippen LogP contribution in [0.3, 0.4) is 0 Å². The molecule has 0 atom stereocenters. The Labute approximate surface area is 276 Å². The molecule has 3 heteroatoms. The van der Waals surface area contributed by atoms with E-state index in [0.29, 0.717) is 0 Å². The molecule has 0 unspecified atom stereocenters. The average molecular weight is 617 g/mol. The average Bonchev–Trinajstić information content (AvgIpc) is 3.79. The Balaban J connectivity index is 1.13. The summed E-state index contributed by atoms with van der Waals surface area (Å²) >= 11 is 1.89. The molecule has 0 bridgehead atoms. The zero-order chi connectivity index (χ0) is 30.9. The van der Waals surface area contributed by atoms with Gasteiger partial charge in [-0.15, -0.1) is 11.3 Å². The first-order chi connectivity index (χ1) is 23.3. The van der Waals surface area contributed by atoms with E-state index in [4.69, 9.17) is 0 Å². The predicted octanol–water partition coefficient (Wildman–Crippen LogP) is 12.4. The zero-order valence-electron chi connectivity index (χ0n) is 25.5. The fourth-order valence-electron chi connectivity index (χ4n) is 7.44. The van der Waals surface area contributed by atoms with Crippen molar-refractivity contribution in [3.8, 4) is 33.6 Å². The van der Waals surface area contributed by atoms with Gasteiger partial charge >= 0.3 is 0 Å². The molecule has 220 valence electrons. The van der Waals surface area contributed by atoms with E-state index in [0.717, 1.165) is 0 Å². The number of thiophene rings is 1. The van der Waals surface area contributed by atoms with Gasteiger partial charge in [0.05, 0.1) is 26.8 Å². The van der Waals surface area contributed by atoms with Crippen molar-refractivity contribution in [2.45, 2.75) is 0 Å². The van der Waals surface area contributed by atoms with Gasteiger partial charge in [0.1, 0.15) is 0 Å². The number of hydrogen-bond donors (Lipinski definition) is 0. The second kappa shape index (κ2) is 10.3. The van der Waals surface area contributed by atoms with Crippen molar-refractivity contribution in [2.75, 3.05) is 0 Å². The topological polar surface area (TPSA) is 9.86 Å². The highest BCUT2D eigenvalue weighted by Gasteiger charge is 2.20. The molecule has 0 saturated heterocycles. The molecule has 0 aliphatic carbocycles. The summed E-state index contributed by atoms with van der Waals surface area (Å²) < 4.78 is 7.47. The van der Waals surface area contributed by atoms with Gasteiger partial charge in [-0.05, 0) is 76.9 Å². The van der Waals surface area contributed by atoms with E-state index in [9.17, 15) is 0 Å². The summed E-state index contributed by atoms with van der Waals surface area (Å²) in [6.45, 7) is 0. The molecule has 10 aromatic rings. The summed E-state index contributed by atoms with van der Waals surface area (Å²) in [6.07, 6.45) is 0. The van der Waals surface area contributed by atoms with Crippen LogP contribution in [0.4, 0.5) is 0 Å². The molecular formula is C44H28N2S. The Morgan fingerprint density at radius 2 is 0.957 bits per heavy atom. The molecule has 2 nitrogen and oxygen atoms in total. The highest BCUT2D eigenvalue weighted by atomic mass is 32.1. The second-order valence-electron chi connectivity index (χ2n) is 12.1. The molecule has 0 saturated carbocycles. The van der Waals surface area contributed by atoms with E-state index in [-0.39, 0.29) is 0 Å². The first-order valence-electron chi connectivity index (χ1n) is 16.0. The minimum Gasteiger partial charge on any atom is -0.309 e. The number of nitrogens with zero attached hydrogens (tertiary/aromatic N) is 2. The van der Waals surface area contributed by atoms with Gasteiger partial charge in [0.2, 0.25) is 0 Å². The summed E-state index contributed by atoms with van der Waals surface area (Å²) in [5, 5.41) is 5.16. The third-order valence-corrected chi connectivity index (χ3v) is 10.7. The van der Waals surface area contributed by atoms with Crippen LogP contribution >= 0.6 is 11.3 Å². The number of para-hydroxylation sites is 4. The lowest BCUT2D eigenvalue weighted by atomic mass is 9.97. The molecule has 0 fully saturated rings. The minimum absolute atomic E-state index is 1.18. The summed E-state index contributed by atoms with van der Waals surface area (Å²) in [4.78, 5) is 0. The smallest absolute Gasteiger partial charge is 0.0734 e. The quantitative estimate of drug-likeness (QED) is 0.186. The Morgan fingerprint density at radius 1 is 0.383 bits per heavy atom. The maximum Gasteiger partial charge on any atom is 0.0734 e. The summed E-state index contributed by atoms with van der Waals surface area (Å²) in [5.41, 5.74) is 12.3. The van der Waals surface area contributed by atoms with Crippen LogP contribution in [0.1, 0.15) is 0 Å². The standard InChI is InChI=1S/C44H28N2S/c1-3-12-32(13-4-1)45-38-19-9-7-16-35(38)37-28-31(26-27-40(37)45)29-22-24-30(25-23-29)34-18-11-21-41-42(34)43-44(47-41)36-17-8-10-20-39(36)46(43)33-14-5-2-6-15-33/h1-28H. The van der Waals surface area contributed by atoms with Gasteiger partial charge < -0.3 is 9.13 Å². The van der Waals surface area contributed by atoms with Gasteiger partial charge in [-0.2, -0.15) is 0 Å². The minimum atomic E-state index is 1.18. The van der Waals surface area contributed by atoms with E-state index in [1.54, 1.807) is 0 Å². The molecule has 3 heterocycles. The third-order valence-electron chi connectivity index (χ3n) is 9.53. The molecule has 10 rings (SSSR count). The van der Waals surface area contributed by atoms with Crippen LogP contribution in [-0.2, 0) is 0 Å². The Morgan fingerprint density at radius 3 is 1.70 bits per heavy atom. The summed E-state index contributed by atoms with van der Waals surface area (Å²) in [6, 6.07) is 61.7. The van der Waals surface area contributed by atoms with E-state index in [1.807, 2.05) is 11.3 Å². The Kier molecular flexibility index (Phi) is 5.78. The largest absolute Gasteiger partial charge is 0.309 e. The molecule has 0 aliphatic heterocycles. The SMILES string of the molecule is c1ccc(-n2c3ccccc3c3cc(-c4ccc(-c5cccc6sc7c8ccccc8n(-c8ccccc8)c7c56)cc4)ccc32)cc1. The van der Waals surface area contributed by atoms with Crippen molar-refractivity contribution in [1.82, 2.24) is 9.13 Å². The highest BCUT2D eigenvalue weighted by Crippen LogP contribution is 2.46. The van der Waals surface area contributed by atoms with Crippen molar-refractivity contribution in [2.24, 2.45) is 0 Å². The second-order valence-corrected chi connectivity index (χ2v) is 13.2. The van der Waals surface area contributed by atoms with Crippen LogP contribution < -0.4 is 0 Å². The molecular weight excluding hydrogens is 589 g/mol. The van der Waals surface area contributed by atoms with Gasteiger partial charge in [0, 0.05) is 37.6 Å². The van der Waals surface area contributed by atoms with Gasteiger partial charge in [-0.3, -0.25) is 0 Å². The molecule has 0 radical (unpaired) electrons. The van der Waals surface area contributed by atoms with Crippen molar-refractivity contribution < 1.29 is 0 Å². The van der Waals surface area contributed by atoms with Crippen LogP contribution in [0.15, 0.2) is 170 Å². The van der Waals surface area contributed by atoms with Gasteiger partial charge in [0.15, 0.2) is 0 Å². The molecule has 47 heavy (non-hydrogen) atoms. The normalized spacial score (nSPS) is 11.8. The molecule has 0 amide bonds. The molecule has 7 aromatic carbocycles. The molecule has 0 aliphatic rings. The Bertz CT molecular complexity index is 2760. The number of aromatic nitrogens is 2. The van der Waals surface area contributed by atoms with E-state index in [2.05, 4.69) is 179 Å². The fourth-order valence-corrected chi connectivity index (χ4v) is 8.69. The van der Waals surface area contributed by atoms with Crippen molar-refractivity contribution in [3.05, 3.63) is 170 Å². The van der Waals surface area contributed by atoms with E-state index >= 15 is 0 Å². The fraction of sp³-hybridized carbons (Fsp3) is 0. The molecule has 3 aromatic heterocycles. The van der Waals surface area contributed by atoms with Gasteiger partial charge in [0.25, 0.3) is 0 Å². The zero-order valence-corrected chi connectivity index (χ0v) is 26.3. The van der Waals surface area contributed by atoms with Crippen LogP contribution in [0.2, 0.25) is 0 Å².